The van der Waals surface area contributed by atoms with Crippen molar-refractivity contribution in [2.24, 2.45) is 0 Å². The topological polar surface area (TPSA) is 52.0 Å². The van der Waals surface area contributed by atoms with E-state index >= 15 is 0 Å². The molecule has 0 radical (unpaired) electrons. The summed E-state index contributed by atoms with van der Waals surface area (Å²) in [6, 6.07) is 7.98. The molecule has 1 aromatic heterocycles. The van der Waals surface area contributed by atoms with Gasteiger partial charge in [-0.15, -0.1) is 0 Å². The first-order valence-corrected chi connectivity index (χ1v) is 8.90. The number of aryl methyl sites for hydroxylation is 1. The minimum Gasteiger partial charge on any atom is -0.328 e. The second-order valence-corrected chi connectivity index (χ2v) is 7.88. The summed E-state index contributed by atoms with van der Waals surface area (Å²) in [6.07, 6.45) is 2.88. The van der Waals surface area contributed by atoms with E-state index in [1.807, 2.05) is 24.3 Å². The second kappa shape index (κ2) is 4.80. The summed E-state index contributed by atoms with van der Waals surface area (Å²) in [7, 11) is 1.84. The maximum Gasteiger partial charge on any atom is 0.232 e. The molecule has 3 rings (SSSR count). The fourth-order valence-corrected chi connectivity index (χ4v) is 3.18. The predicted molar refractivity (Wildman–Crippen MR) is 76.0 cm³/mol. The van der Waals surface area contributed by atoms with Gasteiger partial charge < -0.3 is 4.57 Å². The zero-order chi connectivity index (χ0) is 13.5. The third kappa shape index (κ3) is 2.92. The molecule has 0 bridgehead atoms. The Bertz CT molecular complexity index is 705. The van der Waals surface area contributed by atoms with E-state index in [1.165, 1.54) is 12.8 Å². The van der Waals surface area contributed by atoms with Gasteiger partial charge in [-0.05, 0) is 31.4 Å². The van der Waals surface area contributed by atoms with E-state index in [-0.39, 0.29) is 5.75 Å². The third-order valence-electron chi connectivity index (χ3n) is 3.40. The van der Waals surface area contributed by atoms with E-state index in [1.54, 1.807) is 0 Å². The van der Waals surface area contributed by atoms with Gasteiger partial charge in [0.05, 0.1) is 16.8 Å². The van der Waals surface area contributed by atoms with Crippen LogP contribution in [0.3, 0.4) is 0 Å². The van der Waals surface area contributed by atoms with E-state index in [9.17, 15) is 8.42 Å². The zero-order valence-corrected chi connectivity index (χ0v) is 12.0. The first kappa shape index (κ1) is 12.9. The Hall–Kier alpha value is -1.07. The van der Waals surface area contributed by atoms with Crippen molar-refractivity contribution in [3.63, 3.8) is 0 Å². The quantitative estimate of drug-likeness (QED) is 0.798. The molecule has 4 nitrogen and oxygen atoms in total. The van der Waals surface area contributed by atoms with Gasteiger partial charge in [-0.1, -0.05) is 12.1 Å². The molecule has 0 spiro atoms. The van der Waals surface area contributed by atoms with Crippen molar-refractivity contribution in [1.29, 1.82) is 0 Å². The Kier molecular flexibility index (Phi) is 3.27. The van der Waals surface area contributed by atoms with Crippen LogP contribution in [0.15, 0.2) is 24.3 Å². The van der Waals surface area contributed by atoms with Crippen molar-refractivity contribution < 1.29 is 8.42 Å². The SMILES string of the molecule is O=S(=O)(Cl)CCCn1c(C2CC2)nc2ccccc21. The third-order valence-corrected chi connectivity index (χ3v) is 4.64. The molecular weight excluding hydrogens is 284 g/mol. The van der Waals surface area contributed by atoms with Crippen LogP contribution >= 0.6 is 10.7 Å². The maximum atomic E-state index is 11.0. The highest BCUT2D eigenvalue weighted by Gasteiger charge is 2.29. The number of fused-ring (bicyclic) bond motifs is 1. The molecule has 1 fully saturated rings. The minimum atomic E-state index is -3.41. The van der Waals surface area contributed by atoms with Crippen molar-refractivity contribution in [2.45, 2.75) is 31.7 Å². The molecule has 1 aliphatic carbocycles. The van der Waals surface area contributed by atoms with Gasteiger partial charge in [-0.2, -0.15) is 0 Å². The number of hydrogen-bond acceptors (Lipinski definition) is 3. The Labute approximate surface area is 116 Å². The lowest BCUT2D eigenvalue weighted by atomic mass is 10.3. The highest BCUT2D eigenvalue weighted by Crippen LogP contribution is 2.40. The highest BCUT2D eigenvalue weighted by atomic mass is 35.7. The predicted octanol–water partition coefficient (Wildman–Crippen LogP) is 2.87. The average molecular weight is 299 g/mol. The fourth-order valence-electron chi connectivity index (χ4n) is 2.38. The van der Waals surface area contributed by atoms with Gasteiger partial charge in [0.15, 0.2) is 0 Å². The van der Waals surface area contributed by atoms with Crippen molar-refractivity contribution >= 4 is 30.8 Å². The van der Waals surface area contributed by atoms with Gasteiger partial charge in [-0.3, -0.25) is 0 Å². The lowest BCUT2D eigenvalue weighted by Crippen LogP contribution is -2.07. The molecule has 0 aliphatic heterocycles. The highest BCUT2D eigenvalue weighted by molar-refractivity contribution is 8.13. The van der Waals surface area contributed by atoms with Crippen LogP contribution in [0.1, 0.15) is 31.0 Å². The van der Waals surface area contributed by atoms with Crippen LogP contribution in [-0.2, 0) is 15.6 Å². The van der Waals surface area contributed by atoms with Crippen LogP contribution in [0.4, 0.5) is 0 Å². The summed E-state index contributed by atoms with van der Waals surface area (Å²) >= 11 is 0. The molecule has 2 aromatic rings. The van der Waals surface area contributed by atoms with Gasteiger partial charge >= 0.3 is 0 Å². The van der Waals surface area contributed by atoms with Crippen molar-refractivity contribution in [1.82, 2.24) is 9.55 Å². The molecule has 0 amide bonds. The van der Waals surface area contributed by atoms with Crippen LogP contribution < -0.4 is 0 Å². The van der Waals surface area contributed by atoms with Crippen LogP contribution in [0.5, 0.6) is 0 Å². The van der Waals surface area contributed by atoms with Crippen molar-refractivity contribution in [3.8, 4) is 0 Å². The lowest BCUT2D eigenvalue weighted by Gasteiger charge is -2.07. The maximum absolute atomic E-state index is 11.0. The molecule has 102 valence electrons. The number of hydrogen-bond donors (Lipinski definition) is 0. The molecule has 0 atom stereocenters. The molecule has 0 unspecified atom stereocenters. The van der Waals surface area contributed by atoms with Gasteiger partial charge in [0.25, 0.3) is 0 Å². The van der Waals surface area contributed by atoms with E-state index in [0.29, 0.717) is 18.9 Å². The normalized spacial score (nSPS) is 16.1. The van der Waals surface area contributed by atoms with E-state index < -0.39 is 9.05 Å². The van der Waals surface area contributed by atoms with E-state index in [0.717, 1.165) is 16.9 Å². The largest absolute Gasteiger partial charge is 0.328 e. The van der Waals surface area contributed by atoms with E-state index in [2.05, 4.69) is 9.55 Å². The Morgan fingerprint density at radius 3 is 2.74 bits per heavy atom. The summed E-state index contributed by atoms with van der Waals surface area (Å²) < 4.78 is 24.1. The first-order chi connectivity index (χ1) is 9.04. The number of imidazole rings is 1. The summed E-state index contributed by atoms with van der Waals surface area (Å²) in [5, 5.41) is 0. The molecule has 1 heterocycles. The Balaban J connectivity index is 1.89. The van der Waals surface area contributed by atoms with Gasteiger partial charge in [0.1, 0.15) is 5.82 Å². The molecule has 1 aliphatic rings. The lowest BCUT2D eigenvalue weighted by molar-refractivity contribution is 0.597. The fraction of sp³-hybridized carbons (Fsp3) is 0.462. The summed E-state index contributed by atoms with van der Waals surface area (Å²) in [4.78, 5) is 4.67. The van der Waals surface area contributed by atoms with Gasteiger partial charge in [0.2, 0.25) is 9.05 Å². The second-order valence-electron chi connectivity index (χ2n) is 4.98. The van der Waals surface area contributed by atoms with Gasteiger partial charge in [-0.25, -0.2) is 13.4 Å². The number of halogens is 1. The molecule has 19 heavy (non-hydrogen) atoms. The van der Waals surface area contributed by atoms with Gasteiger partial charge in [0, 0.05) is 23.1 Å². The molecule has 6 heteroatoms. The Morgan fingerprint density at radius 2 is 2.05 bits per heavy atom. The summed E-state index contributed by atoms with van der Waals surface area (Å²) in [5.74, 6) is 1.64. The van der Waals surface area contributed by atoms with Crippen LogP contribution in [-0.4, -0.2) is 23.7 Å². The number of nitrogens with zero attached hydrogens (tertiary/aromatic N) is 2. The van der Waals surface area contributed by atoms with Crippen LogP contribution in [0.2, 0.25) is 0 Å². The molecule has 0 N–H and O–H groups in total. The average Bonchev–Trinajstić information content (AvgIpc) is 3.12. The summed E-state index contributed by atoms with van der Waals surface area (Å²) in [6.45, 7) is 0.651. The minimum absolute atomic E-state index is 0.00513. The molecule has 1 saturated carbocycles. The van der Waals surface area contributed by atoms with E-state index in [4.69, 9.17) is 10.7 Å². The Morgan fingerprint density at radius 1 is 1.32 bits per heavy atom. The number of para-hydroxylation sites is 2. The van der Waals surface area contributed by atoms with Crippen LogP contribution in [0.25, 0.3) is 11.0 Å². The van der Waals surface area contributed by atoms with Crippen molar-refractivity contribution in [2.75, 3.05) is 5.75 Å². The standard InChI is InChI=1S/C13H15ClN2O2S/c14-19(17,18)9-3-8-16-12-5-2-1-4-11(12)15-13(16)10-6-7-10/h1-2,4-5,10H,3,6-9H2. The monoisotopic (exact) mass is 298 g/mol. The smallest absolute Gasteiger partial charge is 0.232 e. The molecule has 1 aromatic carbocycles. The number of rotatable bonds is 5. The first-order valence-electron chi connectivity index (χ1n) is 6.42. The zero-order valence-electron chi connectivity index (χ0n) is 10.4. The number of aromatic nitrogens is 2. The number of benzene rings is 1. The molecular formula is C13H15ClN2O2S. The van der Waals surface area contributed by atoms with Crippen molar-refractivity contribution in [3.05, 3.63) is 30.1 Å². The summed E-state index contributed by atoms with van der Waals surface area (Å²) in [5.41, 5.74) is 2.06. The molecule has 0 saturated heterocycles. The van der Waals surface area contributed by atoms with Crippen LogP contribution in [0, 0.1) is 0 Å².